The van der Waals surface area contributed by atoms with Crippen LogP contribution in [-0.2, 0) is 38.0 Å². The Bertz CT molecular complexity index is 2110. The number of cyclic esters (lactones) is 1. The van der Waals surface area contributed by atoms with E-state index in [-0.39, 0.29) is 37.3 Å². The van der Waals surface area contributed by atoms with Crippen LogP contribution in [0.1, 0.15) is 112 Å². The van der Waals surface area contributed by atoms with Crippen LogP contribution in [0.2, 0.25) is 0 Å². The molecule has 0 spiro atoms. The van der Waals surface area contributed by atoms with Crippen molar-refractivity contribution in [3.8, 4) is 11.4 Å². The largest absolute Gasteiger partial charge is 0.458 e. The van der Waals surface area contributed by atoms with Gasteiger partial charge in [-0.15, -0.1) is 0 Å². The first-order valence-electron chi connectivity index (χ1n) is 24.6. The first-order chi connectivity index (χ1) is 32.7. The molecule has 3 aliphatic heterocycles. The van der Waals surface area contributed by atoms with Crippen LogP contribution in [0.5, 0.6) is 0 Å². The third-order valence-corrected chi connectivity index (χ3v) is 14.5. The molecule has 380 valence electrons. The van der Waals surface area contributed by atoms with Gasteiger partial charge in [-0.2, -0.15) is 0 Å². The Hall–Kier alpha value is -5.17. The number of aliphatic hydroxyl groups excluding tert-OH is 1. The van der Waals surface area contributed by atoms with Crippen molar-refractivity contribution < 1.29 is 57.5 Å². The lowest BCUT2D eigenvalue weighted by Crippen LogP contribution is -2.61. The standard InChI is InChI=1S/C51H74N6O12/c1-11-38-51(8)42(56-49(63)69-51)31(4)39(58)29(2)28-50(7,68-47(61)54-24-15-17-34-20-22-35(23-21-34)44-52-25-16-26-53-44)43(67-46-40(59)37(57(9)10)27-30(3)64-46)32(5)41(33(6)45(60)65-38)66-48(62)55-36-18-13-12-14-19-36/h15-17,20-23,25-26,29-33,36-38,40-43,46,59H,11-14,18-19,24,27-28H2,1-10H3,(H,54,61)(H,55,62)(H,56,63)/t29-,30-,31+,32+,33-,37+,38-,40-,41+,42-,43-,46+,50-,51-/m1/s1. The maximum Gasteiger partial charge on any atom is 0.408 e. The molecule has 1 aromatic heterocycles. The molecule has 0 radical (unpaired) electrons. The number of benzene rings is 1. The summed E-state index contributed by atoms with van der Waals surface area (Å²) >= 11 is 0. The van der Waals surface area contributed by atoms with E-state index < -0.39 is 102 Å². The zero-order chi connectivity index (χ0) is 50.2. The molecule has 1 aliphatic carbocycles. The third kappa shape index (κ3) is 12.8. The fourth-order valence-electron chi connectivity index (χ4n) is 10.8. The van der Waals surface area contributed by atoms with E-state index in [0.29, 0.717) is 12.2 Å². The van der Waals surface area contributed by atoms with Gasteiger partial charge in [-0.1, -0.05) is 83.4 Å². The van der Waals surface area contributed by atoms with E-state index in [1.165, 1.54) is 0 Å². The van der Waals surface area contributed by atoms with E-state index in [0.717, 1.165) is 43.2 Å². The number of carbonyl (C=O) groups excluding carboxylic acids is 5. The predicted octanol–water partition coefficient (Wildman–Crippen LogP) is 6.59. The molecule has 3 amide bonds. The zero-order valence-corrected chi connectivity index (χ0v) is 41.8. The molecule has 4 aliphatic rings. The summed E-state index contributed by atoms with van der Waals surface area (Å²) in [7, 11) is 3.69. The van der Waals surface area contributed by atoms with Gasteiger partial charge < -0.3 is 54.4 Å². The summed E-state index contributed by atoms with van der Waals surface area (Å²) in [5.41, 5.74) is -1.51. The molecule has 4 heterocycles. The summed E-state index contributed by atoms with van der Waals surface area (Å²) in [4.78, 5) is 81.1. The molecule has 0 bridgehead atoms. The summed E-state index contributed by atoms with van der Waals surface area (Å²) in [6.45, 7) is 13.6. The molecule has 4 fully saturated rings. The van der Waals surface area contributed by atoms with Gasteiger partial charge in [0.25, 0.3) is 0 Å². The number of alkyl carbamates (subject to hydrolysis) is 3. The van der Waals surface area contributed by atoms with Crippen molar-refractivity contribution in [2.24, 2.45) is 23.7 Å². The minimum atomic E-state index is -1.76. The Morgan fingerprint density at radius 1 is 0.971 bits per heavy atom. The van der Waals surface area contributed by atoms with Crippen LogP contribution in [0.4, 0.5) is 14.4 Å². The normalized spacial score (nSPS) is 35.0. The van der Waals surface area contributed by atoms with Gasteiger partial charge in [-0.05, 0) is 85.5 Å². The van der Waals surface area contributed by atoms with Crippen LogP contribution < -0.4 is 16.0 Å². The highest BCUT2D eigenvalue weighted by Gasteiger charge is 2.58. The van der Waals surface area contributed by atoms with Crippen LogP contribution in [0, 0.1) is 23.7 Å². The van der Waals surface area contributed by atoms with E-state index in [1.807, 2.05) is 56.3 Å². The number of hydrogen-bond donors (Lipinski definition) is 4. The topological polar surface area (TPSA) is 226 Å². The van der Waals surface area contributed by atoms with Gasteiger partial charge >= 0.3 is 24.2 Å². The lowest BCUT2D eigenvalue weighted by atomic mass is 9.73. The molecule has 3 saturated heterocycles. The maximum atomic E-state index is 14.8. The minimum absolute atomic E-state index is 0.0477. The van der Waals surface area contributed by atoms with E-state index in [2.05, 4.69) is 25.9 Å². The average molecular weight is 963 g/mol. The Morgan fingerprint density at radius 3 is 2.30 bits per heavy atom. The molecule has 18 heteroatoms. The molecule has 6 rings (SSSR count). The number of ketones is 1. The van der Waals surface area contributed by atoms with Crippen LogP contribution in [0.15, 0.2) is 48.8 Å². The van der Waals surface area contributed by atoms with Crippen molar-refractivity contribution in [1.29, 1.82) is 0 Å². The number of nitrogens with one attached hydrogen (secondary N) is 3. The number of fused-ring (bicyclic) bond motifs is 1. The van der Waals surface area contributed by atoms with Crippen LogP contribution in [0.3, 0.4) is 0 Å². The Morgan fingerprint density at radius 2 is 1.65 bits per heavy atom. The summed E-state index contributed by atoms with van der Waals surface area (Å²) in [6, 6.07) is 7.90. The first kappa shape index (κ1) is 53.2. The number of Topliss-reactive ketones (excluding diaryl/α,β-unsaturated/α-hetero) is 1. The van der Waals surface area contributed by atoms with Gasteiger partial charge in [-0.3, -0.25) is 9.59 Å². The Balaban J connectivity index is 1.39. The molecule has 4 N–H and O–H groups in total. The summed E-state index contributed by atoms with van der Waals surface area (Å²) < 4.78 is 38.1. The number of rotatable bonds is 11. The number of nitrogens with zero attached hydrogens (tertiary/aromatic N) is 3. The molecule has 0 unspecified atom stereocenters. The number of esters is 1. The molecular formula is C51H74N6O12. The van der Waals surface area contributed by atoms with Gasteiger partial charge in [0.05, 0.1) is 18.1 Å². The SMILES string of the molecule is CC[C@H]1OC(=O)[C@H](C)[C@@H](OC(=O)NC2CCCCC2)[C@H](C)[C@@H](O[C@@H]2O[C@H](C)C[C@H](N(C)C)[C@H]2O)[C@](C)(OC(=O)NCC=Cc2ccc(-c3ncccn3)cc2)C[C@@H](C)C(=O)[C@H](C)[C@H]2NC(=O)O[C@@]21C. The van der Waals surface area contributed by atoms with E-state index in [1.54, 1.807) is 73.0 Å². The van der Waals surface area contributed by atoms with Crippen molar-refractivity contribution in [2.45, 2.75) is 173 Å². The highest BCUT2D eigenvalue weighted by Crippen LogP contribution is 2.42. The van der Waals surface area contributed by atoms with Gasteiger partial charge in [0.1, 0.15) is 35.8 Å². The van der Waals surface area contributed by atoms with Gasteiger partial charge in [-0.25, -0.2) is 24.4 Å². The highest BCUT2D eigenvalue weighted by atomic mass is 16.7. The smallest absolute Gasteiger partial charge is 0.408 e. The first-order valence-corrected chi connectivity index (χ1v) is 24.6. The number of ether oxygens (including phenoxy) is 6. The summed E-state index contributed by atoms with van der Waals surface area (Å²) in [5.74, 6) is -4.37. The number of amides is 3. The number of aliphatic hydroxyl groups is 1. The fraction of sp³-hybridized carbons (Fsp3) is 0.667. The number of carbonyl (C=O) groups is 5. The lowest BCUT2D eigenvalue weighted by Gasteiger charge is -2.48. The third-order valence-electron chi connectivity index (χ3n) is 14.5. The van der Waals surface area contributed by atoms with Crippen molar-refractivity contribution in [1.82, 2.24) is 30.8 Å². The molecule has 1 saturated carbocycles. The lowest BCUT2D eigenvalue weighted by molar-refractivity contribution is -0.298. The molecule has 14 atom stereocenters. The summed E-state index contributed by atoms with van der Waals surface area (Å²) in [6.07, 6.45) is 3.13. The number of aromatic nitrogens is 2. The maximum absolute atomic E-state index is 14.8. The van der Waals surface area contributed by atoms with Crippen LogP contribution >= 0.6 is 0 Å². The van der Waals surface area contributed by atoms with Crippen molar-refractivity contribution in [2.75, 3.05) is 20.6 Å². The van der Waals surface area contributed by atoms with Crippen LogP contribution in [0.25, 0.3) is 17.5 Å². The minimum Gasteiger partial charge on any atom is -0.458 e. The van der Waals surface area contributed by atoms with E-state index in [4.69, 9.17) is 28.4 Å². The predicted molar refractivity (Wildman–Crippen MR) is 255 cm³/mol. The van der Waals surface area contributed by atoms with Gasteiger partial charge in [0.15, 0.2) is 17.7 Å². The molecular weight excluding hydrogens is 889 g/mol. The quantitative estimate of drug-likeness (QED) is 0.138. The average Bonchev–Trinajstić information content (AvgIpc) is 3.64. The van der Waals surface area contributed by atoms with Crippen molar-refractivity contribution in [3.05, 3.63) is 54.4 Å². The molecule has 1 aromatic carbocycles. The van der Waals surface area contributed by atoms with Crippen molar-refractivity contribution in [3.63, 3.8) is 0 Å². The van der Waals surface area contributed by atoms with Gasteiger partial charge in [0.2, 0.25) is 0 Å². The van der Waals surface area contributed by atoms with Crippen LogP contribution in [-0.4, -0.2) is 137 Å². The second-order valence-electron chi connectivity index (χ2n) is 20.1. The van der Waals surface area contributed by atoms with Gasteiger partial charge in [0, 0.05) is 54.3 Å². The Labute approximate surface area is 406 Å². The Kier molecular flexibility index (Phi) is 17.9. The summed E-state index contributed by atoms with van der Waals surface area (Å²) in [5, 5.41) is 20.5. The second-order valence-corrected chi connectivity index (χ2v) is 20.1. The molecule has 2 aromatic rings. The van der Waals surface area contributed by atoms with Crippen molar-refractivity contribution >= 4 is 36.1 Å². The second kappa shape index (κ2) is 23.2. The van der Waals surface area contributed by atoms with E-state index in [9.17, 15) is 29.1 Å². The number of hydrogen-bond acceptors (Lipinski definition) is 15. The number of likely N-dealkylation sites (N-methyl/N-ethyl adjacent to an activating group) is 1. The van der Waals surface area contributed by atoms with E-state index >= 15 is 0 Å². The highest BCUT2D eigenvalue weighted by molar-refractivity contribution is 5.85. The zero-order valence-electron chi connectivity index (χ0n) is 41.8. The monoisotopic (exact) mass is 963 g/mol. The molecule has 69 heavy (non-hydrogen) atoms. The fourth-order valence-corrected chi connectivity index (χ4v) is 10.8. The molecule has 18 nitrogen and oxygen atoms in total.